The first kappa shape index (κ1) is 19.0. The molecule has 0 aliphatic rings. The van der Waals surface area contributed by atoms with Crippen LogP contribution in [0, 0.1) is 6.92 Å². The van der Waals surface area contributed by atoms with Crippen LogP contribution in [0.25, 0.3) is 0 Å². The van der Waals surface area contributed by atoms with Crippen LogP contribution in [0.5, 0.6) is 11.5 Å². The summed E-state index contributed by atoms with van der Waals surface area (Å²) in [5.41, 5.74) is 3.15. The minimum atomic E-state index is -0.241. The maximum atomic E-state index is 12.5. The van der Waals surface area contributed by atoms with Gasteiger partial charge < -0.3 is 10.1 Å². The molecule has 0 unspecified atom stereocenters. The van der Waals surface area contributed by atoms with Crippen LogP contribution in [-0.2, 0) is 20.0 Å². The Labute approximate surface area is 163 Å². The van der Waals surface area contributed by atoms with Crippen molar-refractivity contribution in [3.8, 4) is 11.5 Å². The van der Waals surface area contributed by atoms with Crippen LogP contribution < -0.4 is 10.1 Å². The molecule has 0 radical (unpaired) electrons. The SMILES string of the molecule is CCc1nn(C)c(C(=O)NCc2ccc(Oc3ccccc3C)cc2)c1Cl. The monoisotopic (exact) mass is 383 g/mol. The van der Waals surface area contributed by atoms with Crippen molar-refractivity contribution < 1.29 is 9.53 Å². The number of aromatic nitrogens is 2. The van der Waals surface area contributed by atoms with E-state index in [-0.39, 0.29) is 5.91 Å². The summed E-state index contributed by atoms with van der Waals surface area (Å²) < 4.78 is 7.41. The Morgan fingerprint density at radius 1 is 1.19 bits per heavy atom. The Kier molecular flexibility index (Phi) is 5.81. The van der Waals surface area contributed by atoms with E-state index in [4.69, 9.17) is 16.3 Å². The molecule has 0 spiro atoms. The molecule has 0 atom stereocenters. The van der Waals surface area contributed by atoms with Gasteiger partial charge in [-0.2, -0.15) is 5.10 Å². The van der Waals surface area contributed by atoms with E-state index in [0.717, 1.165) is 28.3 Å². The van der Waals surface area contributed by atoms with Gasteiger partial charge in [0, 0.05) is 13.6 Å². The van der Waals surface area contributed by atoms with Crippen LogP contribution in [0.4, 0.5) is 0 Å². The highest BCUT2D eigenvalue weighted by Crippen LogP contribution is 2.25. The fourth-order valence-electron chi connectivity index (χ4n) is 2.77. The van der Waals surface area contributed by atoms with Gasteiger partial charge in [0.05, 0.1) is 10.7 Å². The number of halogens is 1. The highest BCUT2D eigenvalue weighted by Gasteiger charge is 2.19. The summed E-state index contributed by atoms with van der Waals surface area (Å²) >= 11 is 6.26. The number of rotatable bonds is 6. The van der Waals surface area contributed by atoms with Crippen molar-refractivity contribution in [2.75, 3.05) is 0 Å². The number of hydrogen-bond acceptors (Lipinski definition) is 3. The quantitative estimate of drug-likeness (QED) is 0.673. The highest BCUT2D eigenvalue weighted by molar-refractivity contribution is 6.34. The average molecular weight is 384 g/mol. The summed E-state index contributed by atoms with van der Waals surface area (Å²) in [6.07, 6.45) is 0.683. The maximum Gasteiger partial charge on any atom is 0.271 e. The van der Waals surface area contributed by atoms with Crippen LogP contribution in [-0.4, -0.2) is 15.7 Å². The molecule has 1 amide bonds. The molecule has 0 bridgehead atoms. The summed E-state index contributed by atoms with van der Waals surface area (Å²) in [7, 11) is 1.72. The highest BCUT2D eigenvalue weighted by atomic mass is 35.5. The van der Waals surface area contributed by atoms with Crippen molar-refractivity contribution in [2.24, 2.45) is 7.05 Å². The number of carbonyl (C=O) groups is 1. The summed E-state index contributed by atoms with van der Waals surface area (Å²) in [6, 6.07) is 15.5. The Hall–Kier alpha value is -2.79. The number of nitrogens with zero attached hydrogens (tertiary/aromatic N) is 2. The Bertz CT molecular complexity index is 949. The van der Waals surface area contributed by atoms with Crippen LogP contribution in [0.2, 0.25) is 5.02 Å². The number of carbonyl (C=O) groups excluding carboxylic acids is 1. The average Bonchev–Trinajstić information content (AvgIpc) is 2.96. The van der Waals surface area contributed by atoms with Gasteiger partial charge in [0.1, 0.15) is 17.2 Å². The van der Waals surface area contributed by atoms with Gasteiger partial charge in [-0.1, -0.05) is 48.9 Å². The van der Waals surface area contributed by atoms with Gasteiger partial charge in [0.25, 0.3) is 5.91 Å². The van der Waals surface area contributed by atoms with E-state index in [2.05, 4.69) is 10.4 Å². The smallest absolute Gasteiger partial charge is 0.271 e. The minimum absolute atomic E-state index is 0.241. The van der Waals surface area contributed by atoms with Crippen molar-refractivity contribution in [3.05, 3.63) is 76.1 Å². The maximum absolute atomic E-state index is 12.5. The van der Waals surface area contributed by atoms with Gasteiger partial charge >= 0.3 is 0 Å². The molecular weight excluding hydrogens is 362 g/mol. The molecule has 6 heteroatoms. The van der Waals surface area contributed by atoms with E-state index in [0.29, 0.717) is 23.7 Å². The van der Waals surface area contributed by atoms with Gasteiger partial charge in [-0.15, -0.1) is 0 Å². The second-order valence-corrected chi connectivity index (χ2v) is 6.66. The third-order valence-electron chi connectivity index (χ3n) is 4.30. The molecule has 1 N–H and O–H groups in total. The van der Waals surface area contributed by atoms with E-state index < -0.39 is 0 Å². The lowest BCUT2D eigenvalue weighted by molar-refractivity contribution is 0.0941. The number of hydrogen-bond donors (Lipinski definition) is 1. The van der Waals surface area contributed by atoms with Gasteiger partial charge in [0.2, 0.25) is 0 Å². The molecule has 0 saturated carbocycles. The third kappa shape index (κ3) is 4.31. The van der Waals surface area contributed by atoms with E-state index in [1.165, 1.54) is 4.68 Å². The number of ether oxygens (including phenoxy) is 1. The first-order chi connectivity index (χ1) is 13.0. The van der Waals surface area contributed by atoms with E-state index in [9.17, 15) is 4.79 Å². The van der Waals surface area contributed by atoms with E-state index in [1.54, 1.807) is 7.05 Å². The lowest BCUT2D eigenvalue weighted by atomic mass is 10.2. The van der Waals surface area contributed by atoms with Crippen molar-refractivity contribution >= 4 is 17.5 Å². The number of aryl methyl sites for hydroxylation is 3. The van der Waals surface area contributed by atoms with Gasteiger partial charge in [-0.25, -0.2) is 0 Å². The van der Waals surface area contributed by atoms with Crippen LogP contribution in [0.3, 0.4) is 0 Å². The zero-order valence-electron chi connectivity index (χ0n) is 15.6. The molecule has 1 aromatic heterocycles. The molecule has 140 valence electrons. The Balaban J connectivity index is 1.63. The third-order valence-corrected chi connectivity index (χ3v) is 4.70. The largest absolute Gasteiger partial charge is 0.457 e. The first-order valence-corrected chi connectivity index (χ1v) is 9.19. The summed E-state index contributed by atoms with van der Waals surface area (Å²) in [4.78, 5) is 12.5. The van der Waals surface area contributed by atoms with E-state index in [1.807, 2.05) is 62.4 Å². The lowest BCUT2D eigenvalue weighted by Gasteiger charge is -2.10. The summed E-state index contributed by atoms with van der Waals surface area (Å²) in [5.74, 6) is 1.34. The lowest BCUT2D eigenvalue weighted by Crippen LogP contribution is -2.25. The van der Waals surface area contributed by atoms with Crippen LogP contribution in [0.1, 0.15) is 34.2 Å². The molecular formula is C21H22ClN3O2. The predicted octanol–water partition coefficient (Wildman–Crippen LogP) is 4.67. The molecule has 3 aromatic rings. The number of benzene rings is 2. The second-order valence-electron chi connectivity index (χ2n) is 6.28. The molecule has 3 rings (SSSR count). The van der Waals surface area contributed by atoms with Gasteiger partial charge in [-0.05, 0) is 42.7 Å². The Morgan fingerprint density at radius 2 is 1.89 bits per heavy atom. The van der Waals surface area contributed by atoms with Crippen molar-refractivity contribution in [3.63, 3.8) is 0 Å². The fraction of sp³-hybridized carbons (Fsp3) is 0.238. The zero-order valence-corrected chi connectivity index (χ0v) is 16.4. The molecule has 0 saturated heterocycles. The van der Waals surface area contributed by atoms with Crippen LogP contribution >= 0.6 is 11.6 Å². The molecule has 2 aromatic carbocycles. The minimum Gasteiger partial charge on any atom is -0.457 e. The molecule has 5 nitrogen and oxygen atoms in total. The van der Waals surface area contributed by atoms with Gasteiger partial charge in [0.15, 0.2) is 0 Å². The molecule has 0 aliphatic heterocycles. The van der Waals surface area contributed by atoms with Gasteiger partial charge in [-0.3, -0.25) is 9.48 Å². The number of amides is 1. The predicted molar refractivity (Wildman–Crippen MR) is 106 cm³/mol. The Morgan fingerprint density at radius 3 is 2.52 bits per heavy atom. The molecule has 1 heterocycles. The topological polar surface area (TPSA) is 56.2 Å². The number of para-hydroxylation sites is 1. The zero-order chi connectivity index (χ0) is 19.4. The summed E-state index contributed by atoms with van der Waals surface area (Å²) in [5, 5.41) is 7.57. The van der Waals surface area contributed by atoms with Crippen molar-refractivity contribution in [2.45, 2.75) is 26.8 Å². The van der Waals surface area contributed by atoms with Crippen molar-refractivity contribution in [1.29, 1.82) is 0 Å². The second kappa shape index (κ2) is 8.27. The first-order valence-electron chi connectivity index (χ1n) is 8.81. The fourth-order valence-corrected chi connectivity index (χ4v) is 3.15. The molecule has 27 heavy (non-hydrogen) atoms. The standard InChI is InChI=1S/C21H22ClN3O2/c1-4-17-19(22)20(25(3)24-17)21(26)23-13-15-9-11-16(12-10-15)27-18-8-6-5-7-14(18)2/h5-12H,4,13H2,1-3H3,(H,23,26). The van der Waals surface area contributed by atoms with E-state index >= 15 is 0 Å². The molecule has 0 fully saturated rings. The molecule has 0 aliphatic carbocycles. The normalized spacial score (nSPS) is 10.7. The number of nitrogens with one attached hydrogen (secondary N) is 1. The van der Waals surface area contributed by atoms with Crippen LogP contribution in [0.15, 0.2) is 48.5 Å². The summed E-state index contributed by atoms with van der Waals surface area (Å²) in [6.45, 7) is 4.36. The van der Waals surface area contributed by atoms with Crippen molar-refractivity contribution in [1.82, 2.24) is 15.1 Å².